The number of rotatable bonds is 7. The number of carbonyl (C=O) groups is 1. The molecule has 0 N–H and O–H groups in total. The van der Waals surface area contributed by atoms with Crippen LogP contribution in [0.1, 0.15) is 40.6 Å². The zero-order valence-electron chi connectivity index (χ0n) is 15.3. The van der Waals surface area contributed by atoms with E-state index in [0.29, 0.717) is 6.04 Å². The average molecular weight is 357 g/mol. The third-order valence-corrected chi connectivity index (χ3v) is 6.18. The Morgan fingerprint density at radius 1 is 1.28 bits per heavy atom. The van der Waals surface area contributed by atoms with Crippen LogP contribution in [-0.4, -0.2) is 48.3 Å². The number of Topliss-reactive ketones (excluding diaryl/α,β-unsaturated/α-hetero) is 1. The van der Waals surface area contributed by atoms with E-state index in [2.05, 4.69) is 58.6 Å². The Kier molecular flexibility index (Phi) is 6.40. The molecule has 0 spiro atoms. The summed E-state index contributed by atoms with van der Waals surface area (Å²) in [6, 6.07) is 13.4. The van der Waals surface area contributed by atoms with Crippen molar-refractivity contribution in [2.24, 2.45) is 0 Å². The summed E-state index contributed by atoms with van der Waals surface area (Å²) >= 11 is 1.57. The third-order valence-electron chi connectivity index (χ3n) is 5.10. The Hall–Kier alpha value is -1.49. The summed E-state index contributed by atoms with van der Waals surface area (Å²) in [6.07, 6.45) is 3.66. The molecular formula is C21H28N2OS. The third kappa shape index (κ3) is 5.24. The molecule has 1 fully saturated rings. The fourth-order valence-electron chi connectivity index (χ4n) is 3.59. The van der Waals surface area contributed by atoms with Crippen molar-refractivity contribution in [2.75, 3.05) is 26.7 Å². The summed E-state index contributed by atoms with van der Waals surface area (Å²) in [5.74, 6) is 0.170. The van der Waals surface area contributed by atoms with Gasteiger partial charge in [0.05, 0.1) is 4.88 Å². The molecule has 2 heterocycles. The number of likely N-dealkylation sites (N-methyl/N-ethyl adjacent to an activating group) is 1. The number of thiophene rings is 1. The Bertz CT molecular complexity index is 682. The molecule has 25 heavy (non-hydrogen) atoms. The molecule has 1 atom stereocenters. The highest BCUT2D eigenvalue weighted by molar-refractivity contribution is 7.12. The zero-order valence-corrected chi connectivity index (χ0v) is 16.1. The van der Waals surface area contributed by atoms with Gasteiger partial charge in [-0.25, -0.2) is 0 Å². The summed E-state index contributed by atoms with van der Waals surface area (Å²) in [7, 11) is 2.22. The minimum atomic E-state index is 0.170. The molecule has 1 aliphatic rings. The molecule has 0 radical (unpaired) electrons. The molecule has 134 valence electrons. The van der Waals surface area contributed by atoms with Crippen molar-refractivity contribution in [1.29, 1.82) is 0 Å². The molecule has 1 saturated heterocycles. The number of ketones is 1. The van der Waals surface area contributed by atoms with Crippen LogP contribution in [0, 0.1) is 0 Å². The van der Waals surface area contributed by atoms with Gasteiger partial charge >= 0.3 is 0 Å². The van der Waals surface area contributed by atoms with Gasteiger partial charge in [-0.3, -0.25) is 9.69 Å². The van der Waals surface area contributed by atoms with Gasteiger partial charge < -0.3 is 4.90 Å². The Morgan fingerprint density at radius 3 is 2.80 bits per heavy atom. The van der Waals surface area contributed by atoms with E-state index in [9.17, 15) is 4.79 Å². The van der Waals surface area contributed by atoms with Crippen LogP contribution in [0.15, 0.2) is 41.8 Å². The molecule has 3 rings (SSSR count). The van der Waals surface area contributed by atoms with Gasteiger partial charge in [-0.2, -0.15) is 0 Å². The second kappa shape index (κ2) is 8.75. The number of hydrogen-bond acceptors (Lipinski definition) is 4. The smallest absolute Gasteiger partial charge is 0.169 e. The van der Waals surface area contributed by atoms with E-state index < -0.39 is 0 Å². The van der Waals surface area contributed by atoms with Crippen LogP contribution in [-0.2, 0) is 13.0 Å². The largest absolute Gasteiger partial charge is 0.301 e. The maximum Gasteiger partial charge on any atom is 0.169 e. The van der Waals surface area contributed by atoms with Gasteiger partial charge in [0.25, 0.3) is 0 Å². The quantitative estimate of drug-likeness (QED) is 0.698. The lowest BCUT2D eigenvalue weighted by atomic mass is 10.0. The number of nitrogens with zero attached hydrogens (tertiary/aromatic N) is 2. The van der Waals surface area contributed by atoms with E-state index in [4.69, 9.17) is 0 Å². The maximum atomic E-state index is 11.5. The van der Waals surface area contributed by atoms with E-state index >= 15 is 0 Å². The number of hydrogen-bond donors (Lipinski definition) is 0. The summed E-state index contributed by atoms with van der Waals surface area (Å²) in [6.45, 7) is 6.07. The second-order valence-electron chi connectivity index (χ2n) is 7.12. The van der Waals surface area contributed by atoms with Gasteiger partial charge in [-0.15, -0.1) is 11.3 Å². The Balaban J connectivity index is 1.50. The summed E-state index contributed by atoms with van der Waals surface area (Å²) in [4.78, 5) is 17.4. The molecule has 2 aromatic rings. The van der Waals surface area contributed by atoms with Gasteiger partial charge in [-0.05, 0) is 62.4 Å². The summed E-state index contributed by atoms with van der Waals surface area (Å²) in [5.41, 5.74) is 2.69. The van der Waals surface area contributed by atoms with Crippen LogP contribution in [0.5, 0.6) is 0 Å². The first kappa shape index (κ1) is 18.3. The monoisotopic (exact) mass is 356 g/mol. The average Bonchev–Trinajstić information content (AvgIpc) is 3.10. The predicted octanol–water partition coefficient (Wildman–Crippen LogP) is 4.09. The summed E-state index contributed by atoms with van der Waals surface area (Å²) in [5, 5.41) is 2.13. The highest BCUT2D eigenvalue weighted by Crippen LogP contribution is 2.20. The molecule has 0 unspecified atom stereocenters. The highest BCUT2D eigenvalue weighted by Gasteiger charge is 2.23. The van der Waals surface area contributed by atoms with E-state index in [1.807, 2.05) is 0 Å². The maximum absolute atomic E-state index is 11.5. The van der Waals surface area contributed by atoms with Gasteiger partial charge in [0.1, 0.15) is 0 Å². The van der Waals surface area contributed by atoms with Crippen LogP contribution in [0.25, 0.3) is 0 Å². The van der Waals surface area contributed by atoms with Crippen molar-refractivity contribution in [3.63, 3.8) is 0 Å². The van der Waals surface area contributed by atoms with Crippen LogP contribution < -0.4 is 0 Å². The molecule has 1 aliphatic heterocycles. The fourth-order valence-corrected chi connectivity index (χ4v) is 4.39. The molecule has 3 nitrogen and oxygen atoms in total. The van der Waals surface area contributed by atoms with E-state index in [-0.39, 0.29) is 5.78 Å². The molecular weight excluding hydrogens is 328 g/mol. The van der Waals surface area contributed by atoms with E-state index in [1.54, 1.807) is 18.3 Å². The Morgan fingerprint density at radius 2 is 2.08 bits per heavy atom. The second-order valence-corrected chi connectivity index (χ2v) is 8.03. The van der Waals surface area contributed by atoms with Crippen molar-refractivity contribution in [3.8, 4) is 0 Å². The molecule has 4 heteroatoms. The molecule has 0 saturated carbocycles. The molecule has 1 aromatic heterocycles. The number of benzene rings is 1. The lowest BCUT2D eigenvalue weighted by Crippen LogP contribution is -2.46. The van der Waals surface area contributed by atoms with Crippen molar-refractivity contribution < 1.29 is 4.79 Å². The van der Waals surface area contributed by atoms with E-state index in [1.165, 1.54) is 30.5 Å². The zero-order chi connectivity index (χ0) is 17.6. The van der Waals surface area contributed by atoms with Crippen LogP contribution in [0.4, 0.5) is 0 Å². The normalized spacial score (nSPS) is 18.6. The molecule has 0 bridgehead atoms. The first-order valence-corrected chi connectivity index (χ1v) is 10.0. The van der Waals surface area contributed by atoms with Crippen LogP contribution >= 0.6 is 11.3 Å². The molecule has 1 aromatic carbocycles. The van der Waals surface area contributed by atoms with E-state index in [0.717, 1.165) is 30.9 Å². The van der Waals surface area contributed by atoms with Gasteiger partial charge in [-0.1, -0.05) is 30.3 Å². The van der Waals surface area contributed by atoms with Gasteiger partial charge in [0.2, 0.25) is 0 Å². The topological polar surface area (TPSA) is 23.6 Å². The van der Waals surface area contributed by atoms with Crippen LogP contribution in [0.3, 0.4) is 0 Å². The van der Waals surface area contributed by atoms with Crippen molar-refractivity contribution in [3.05, 3.63) is 57.8 Å². The first-order valence-electron chi connectivity index (χ1n) is 9.16. The van der Waals surface area contributed by atoms with Crippen molar-refractivity contribution in [2.45, 2.75) is 38.8 Å². The predicted molar refractivity (Wildman–Crippen MR) is 105 cm³/mol. The van der Waals surface area contributed by atoms with Crippen molar-refractivity contribution >= 4 is 17.1 Å². The number of likely N-dealkylation sites (tertiary alicyclic amines) is 1. The minimum absolute atomic E-state index is 0.170. The number of carbonyl (C=O) groups excluding carboxylic acids is 1. The lowest BCUT2D eigenvalue weighted by molar-refractivity contribution is 0.102. The lowest BCUT2D eigenvalue weighted by Gasteiger charge is -2.37. The first-order chi connectivity index (χ1) is 12.1. The Labute approximate surface area is 155 Å². The van der Waals surface area contributed by atoms with Gasteiger partial charge in [0.15, 0.2) is 5.78 Å². The minimum Gasteiger partial charge on any atom is -0.301 e. The van der Waals surface area contributed by atoms with Gasteiger partial charge in [0, 0.05) is 25.7 Å². The molecule has 0 amide bonds. The van der Waals surface area contributed by atoms with Crippen LogP contribution in [0.2, 0.25) is 0 Å². The fraction of sp³-hybridized carbons (Fsp3) is 0.476. The standard InChI is InChI=1S/C21H28N2OS/c1-17(24)21-13-19(16-25-21)14-22(2)20-9-6-11-23(15-20)12-10-18-7-4-3-5-8-18/h3-5,7-8,13,16,20H,6,9-12,14-15H2,1-2H3/t20-/m1/s1. The van der Waals surface area contributed by atoms with Crippen molar-refractivity contribution in [1.82, 2.24) is 9.80 Å². The SMILES string of the molecule is CC(=O)c1cc(CN(C)[C@@H]2CCCN(CCc3ccccc3)C2)cs1. The summed E-state index contributed by atoms with van der Waals surface area (Å²) < 4.78 is 0. The highest BCUT2D eigenvalue weighted by atomic mass is 32.1. The number of piperidine rings is 1. The molecule has 0 aliphatic carbocycles.